The van der Waals surface area contributed by atoms with E-state index in [2.05, 4.69) is 0 Å². The summed E-state index contributed by atoms with van der Waals surface area (Å²) < 4.78 is 4.93. The molecule has 1 rings (SSSR count). The largest absolute Gasteiger partial charge is 0.495 e. The topological polar surface area (TPSA) is 66.8 Å². The average Bonchev–Trinajstić information content (AvgIpc) is 2.05. The van der Waals surface area contributed by atoms with E-state index >= 15 is 0 Å². The van der Waals surface area contributed by atoms with Crippen LogP contribution in [0.25, 0.3) is 0 Å². The molecule has 2 N–H and O–H groups in total. The molecule has 0 bridgehead atoms. The fraction of sp³-hybridized carbons (Fsp3) is 0.571. The lowest BCUT2D eigenvalue weighted by Gasteiger charge is -2.16. The van der Waals surface area contributed by atoms with Crippen molar-refractivity contribution in [2.24, 2.45) is 0 Å². The Labute approximate surface area is 64.1 Å². The third kappa shape index (κ3) is 1.94. The first-order valence-electron chi connectivity index (χ1n) is 3.45. The third-order valence-electron chi connectivity index (χ3n) is 1.47. The molecule has 0 aromatic carbocycles. The zero-order chi connectivity index (χ0) is 8.27. The summed E-state index contributed by atoms with van der Waals surface area (Å²) in [5.74, 6) is -1.10. The zero-order valence-electron chi connectivity index (χ0n) is 5.99. The lowest BCUT2D eigenvalue weighted by molar-refractivity contribution is -0.146. The fourth-order valence-corrected chi connectivity index (χ4v) is 0.889. The maximum atomic E-state index is 10.2. The Kier molecular flexibility index (Phi) is 2.48. The van der Waals surface area contributed by atoms with Crippen LogP contribution in [0, 0.1) is 0 Å². The minimum absolute atomic E-state index is 0.170. The van der Waals surface area contributed by atoms with Gasteiger partial charge in [-0.25, -0.2) is 4.79 Å². The number of hydrogen-bond donors (Lipinski definition) is 2. The molecule has 0 aromatic heterocycles. The normalized spacial score (nSPS) is 19.9. The van der Waals surface area contributed by atoms with Crippen LogP contribution < -0.4 is 0 Å². The third-order valence-corrected chi connectivity index (χ3v) is 1.47. The Bertz CT molecular complexity index is 185. The molecule has 0 aliphatic carbocycles. The van der Waals surface area contributed by atoms with Crippen molar-refractivity contribution in [3.05, 3.63) is 11.8 Å². The van der Waals surface area contributed by atoms with E-state index in [-0.39, 0.29) is 5.76 Å². The second-order valence-corrected chi connectivity index (χ2v) is 2.34. The molecule has 4 heteroatoms. The van der Waals surface area contributed by atoms with E-state index in [9.17, 15) is 4.79 Å². The molecule has 0 saturated carbocycles. The summed E-state index contributed by atoms with van der Waals surface area (Å²) >= 11 is 0. The van der Waals surface area contributed by atoms with Crippen molar-refractivity contribution in [1.82, 2.24) is 0 Å². The minimum atomic E-state index is -1.49. The number of hydrogen-bond acceptors (Lipinski definition) is 3. The quantitative estimate of drug-likeness (QED) is 0.599. The van der Waals surface area contributed by atoms with Crippen LogP contribution in [0.15, 0.2) is 11.8 Å². The maximum Gasteiger partial charge on any atom is 0.340 e. The van der Waals surface area contributed by atoms with Crippen molar-refractivity contribution in [2.75, 3.05) is 6.61 Å². The van der Waals surface area contributed by atoms with Gasteiger partial charge in [0.05, 0.1) is 6.61 Å². The highest BCUT2D eigenvalue weighted by molar-refractivity contribution is 5.75. The highest BCUT2D eigenvalue weighted by Gasteiger charge is 2.21. The van der Waals surface area contributed by atoms with E-state index in [0.29, 0.717) is 6.61 Å². The van der Waals surface area contributed by atoms with Gasteiger partial charge < -0.3 is 14.9 Å². The molecular formula is C7H10O4. The molecule has 1 atom stereocenters. The van der Waals surface area contributed by atoms with E-state index in [1.807, 2.05) is 0 Å². The van der Waals surface area contributed by atoms with Crippen molar-refractivity contribution in [3.63, 3.8) is 0 Å². The van der Waals surface area contributed by atoms with E-state index < -0.39 is 12.1 Å². The number of carboxylic acid groups (broad SMARTS) is 1. The SMILES string of the molecule is O=C(O)C(O)C1=CCCCO1. The van der Waals surface area contributed by atoms with Crippen LogP contribution in [0.3, 0.4) is 0 Å². The molecule has 0 fully saturated rings. The number of carboxylic acids is 1. The summed E-state index contributed by atoms with van der Waals surface area (Å²) in [6.07, 6.45) is 1.79. The smallest absolute Gasteiger partial charge is 0.340 e. The Morgan fingerprint density at radius 3 is 2.91 bits per heavy atom. The fourth-order valence-electron chi connectivity index (χ4n) is 0.889. The maximum absolute atomic E-state index is 10.2. The molecule has 0 radical (unpaired) electrons. The second kappa shape index (κ2) is 3.39. The highest BCUT2D eigenvalue weighted by Crippen LogP contribution is 2.13. The summed E-state index contributed by atoms with van der Waals surface area (Å²) in [5, 5.41) is 17.3. The van der Waals surface area contributed by atoms with E-state index in [0.717, 1.165) is 12.8 Å². The number of aliphatic carboxylic acids is 1. The summed E-state index contributed by atoms with van der Waals surface area (Å²) in [7, 11) is 0. The predicted molar refractivity (Wildman–Crippen MR) is 36.9 cm³/mol. The molecule has 1 unspecified atom stereocenters. The van der Waals surface area contributed by atoms with Gasteiger partial charge in [-0.15, -0.1) is 0 Å². The summed E-state index contributed by atoms with van der Waals surface area (Å²) in [6, 6.07) is 0. The van der Waals surface area contributed by atoms with E-state index in [4.69, 9.17) is 14.9 Å². The van der Waals surface area contributed by atoms with Crippen LogP contribution in [-0.4, -0.2) is 28.9 Å². The van der Waals surface area contributed by atoms with Crippen LogP contribution >= 0.6 is 0 Å². The van der Waals surface area contributed by atoms with Gasteiger partial charge >= 0.3 is 5.97 Å². The lowest BCUT2D eigenvalue weighted by atomic mass is 10.2. The van der Waals surface area contributed by atoms with Crippen molar-refractivity contribution < 1.29 is 19.7 Å². The van der Waals surface area contributed by atoms with E-state index in [1.165, 1.54) is 0 Å². The van der Waals surface area contributed by atoms with Crippen molar-refractivity contribution in [3.8, 4) is 0 Å². The van der Waals surface area contributed by atoms with Gasteiger partial charge in [0.15, 0.2) is 0 Å². The van der Waals surface area contributed by atoms with Gasteiger partial charge in [0.1, 0.15) is 5.76 Å². The van der Waals surface area contributed by atoms with Gasteiger partial charge in [-0.2, -0.15) is 0 Å². The minimum Gasteiger partial charge on any atom is -0.495 e. The van der Waals surface area contributed by atoms with Crippen LogP contribution in [0.2, 0.25) is 0 Å². The molecular weight excluding hydrogens is 148 g/mol. The first-order chi connectivity index (χ1) is 5.22. The predicted octanol–water partition coefficient (Wildman–Crippen LogP) is 0.126. The first kappa shape index (κ1) is 8.07. The number of ether oxygens (including phenoxy) is 1. The van der Waals surface area contributed by atoms with Gasteiger partial charge in [-0.1, -0.05) is 0 Å². The number of allylic oxidation sites excluding steroid dienone is 1. The van der Waals surface area contributed by atoms with Gasteiger partial charge in [0, 0.05) is 0 Å². The molecule has 62 valence electrons. The molecule has 0 aromatic rings. The molecule has 0 spiro atoms. The van der Waals surface area contributed by atoms with Crippen molar-refractivity contribution in [2.45, 2.75) is 18.9 Å². The van der Waals surface area contributed by atoms with Crippen molar-refractivity contribution in [1.29, 1.82) is 0 Å². The number of rotatable bonds is 2. The van der Waals surface area contributed by atoms with Crippen LogP contribution in [0.5, 0.6) is 0 Å². The number of aliphatic hydroxyl groups is 1. The molecule has 1 aliphatic rings. The molecule has 1 heterocycles. The van der Waals surface area contributed by atoms with Crippen LogP contribution in [0.1, 0.15) is 12.8 Å². The lowest BCUT2D eigenvalue weighted by Crippen LogP contribution is -2.25. The Morgan fingerprint density at radius 1 is 1.73 bits per heavy atom. The summed E-state index contributed by atoms with van der Waals surface area (Å²) in [5.41, 5.74) is 0. The van der Waals surface area contributed by atoms with Gasteiger partial charge in [-0.05, 0) is 18.9 Å². The Balaban J connectivity index is 2.58. The molecule has 1 aliphatic heterocycles. The first-order valence-corrected chi connectivity index (χ1v) is 3.45. The summed E-state index contributed by atoms with van der Waals surface area (Å²) in [4.78, 5) is 10.2. The second-order valence-electron chi connectivity index (χ2n) is 2.34. The Morgan fingerprint density at radius 2 is 2.45 bits per heavy atom. The highest BCUT2D eigenvalue weighted by atomic mass is 16.5. The monoisotopic (exact) mass is 158 g/mol. The average molecular weight is 158 g/mol. The van der Waals surface area contributed by atoms with Gasteiger partial charge in [0.25, 0.3) is 0 Å². The molecule has 11 heavy (non-hydrogen) atoms. The van der Waals surface area contributed by atoms with E-state index in [1.54, 1.807) is 6.08 Å². The standard InChI is InChI=1S/C7H10O4/c8-6(7(9)10)5-3-1-2-4-11-5/h3,6,8H,1-2,4H2,(H,9,10). The Hall–Kier alpha value is -1.03. The van der Waals surface area contributed by atoms with Gasteiger partial charge in [0.2, 0.25) is 6.10 Å². The number of carbonyl (C=O) groups is 1. The van der Waals surface area contributed by atoms with Crippen molar-refractivity contribution >= 4 is 5.97 Å². The van der Waals surface area contributed by atoms with Crippen LogP contribution in [0.4, 0.5) is 0 Å². The molecule has 0 amide bonds. The molecule has 4 nitrogen and oxygen atoms in total. The number of aliphatic hydroxyl groups excluding tert-OH is 1. The van der Waals surface area contributed by atoms with Crippen LogP contribution in [-0.2, 0) is 9.53 Å². The zero-order valence-corrected chi connectivity index (χ0v) is 5.99. The molecule has 0 saturated heterocycles. The summed E-state index contributed by atoms with van der Waals surface area (Å²) in [6.45, 7) is 0.496. The van der Waals surface area contributed by atoms with Gasteiger partial charge in [-0.3, -0.25) is 0 Å².